The van der Waals surface area contributed by atoms with Crippen LogP contribution in [0.4, 0.5) is 4.79 Å². The van der Waals surface area contributed by atoms with Crippen LogP contribution in [0.3, 0.4) is 0 Å². The summed E-state index contributed by atoms with van der Waals surface area (Å²) >= 11 is 0. The number of nitrogens with one attached hydrogen (secondary N) is 1. The Morgan fingerprint density at radius 3 is 2.72 bits per heavy atom. The topological polar surface area (TPSA) is 84.6 Å². The summed E-state index contributed by atoms with van der Waals surface area (Å²) in [6.45, 7) is 2.96. The molecule has 1 unspecified atom stereocenters. The number of phenolic OH excluding ortho intramolecular Hbond substituents is 1. The number of hydrogen-bond donors (Lipinski definition) is 3. The zero-order chi connectivity index (χ0) is 13.4. The summed E-state index contributed by atoms with van der Waals surface area (Å²) in [7, 11) is 0. The van der Waals surface area contributed by atoms with E-state index in [4.69, 9.17) is 10.8 Å². The van der Waals surface area contributed by atoms with E-state index < -0.39 is 6.09 Å². The standard InChI is InChI=1S/C13H20N2O3/c1-10(15-8-9-18-13(14)17)2-3-11-4-6-12(16)7-5-11/h4-7,10,15-16H,2-3,8-9H2,1H3,(H2,14,17). The first-order chi connectivity index (χ1) is 8.58. The number of aryl methyl sites for hydroxylation is 1. The maximum Gasteiger partial charge on any atom is 0.404 e. The minimum absolute atomic E-state index is 0.286. The van der Waals surface area contributed by atoms with E-state index in [9.17, 15) is 4.79 Å². The van der Waals surface area contributed by atoms with E-state index in [2.05, 4.69) is 17.0 Å². The Labute approximate surface area is 107 Å². The lowest BCUT2D eigenvalue weighted by atomic mass is 10.1. The predicted molar refractivity (Wildman–Crippen MR) is 69.4 cm³/mol. The fourth-order valence-electron chi connectivity index (χ4n) is 1.60. The van der Waals surface area contributed by atoms with Gasteiger partial charge in [0.25, 0.3) is 0 Å². The van der Waals surface area contributed by atoms with Crippen LogP contribution in [0.1, 0.15) is 18.9 Å². The van der Waals surface area contributed by atoms with Gasteiger partial charge in [-0.1, -0.05) is 12.1 Å². The highest BCUT2D eigenvalue weighted by atomic mass is 16.5. The van der Waals surface area contributed by atoms with Crippen LogP contribution < -0.4 is 11.1 Å². The van der Waals surface area contributed by atoms with E-state index in [1.807, 2.05) is 12.1 Å². The molecular weight excluding hydrogens is 232 g/mol. The van der Waals surface area contributed by atoms with Crippen molar-refractivity contribution in [2.24, 2.45) is 5.73 Å². The third-order valence-corrected chi connectivity index (χ3v) is 2.64. The van der Waals surface area contributed by atoms with E-state index in [1.165, 1.54) is 5.56 Å². The van der Waals surface area contributed by atoms with Gasteiger partial charge in [-0.05, 0) is 37.5 Å². The Morgan fingerprint density at radius 1 is 1.44 bits per heavy atom. The Balaban J connectivity index is 2.14. The first-order valence-corrected chi connectivity index (χ1v) is 6.01. The highest BCUT2D eigenvalue weighted by Crippen LogP contribution is 2.11. The lowest BCUT2D eigenvalue weighted by Gasteiger charge is -2.13. The molecule has 0 fully saturated rings. The van der Waals surface area contributed by atoms with Crippen LogP contribution in [-0.2, 0) is 11.2 Å². The van der Waals surface area contributed by atoms with E-state index in [0.29, 0.717) is 19.2 Å². The molecule has 0 saturated heterocycles. The molecule has 5 heteroatoms. The van der Waals surface area contributed by atoms with E-state index in [-0.39, 0.29) is 5.75 Å². The number of ether oxygens (including phenoxy) is 1. The van der Waals surface area contributed by atoms with Crippen molar-refractivity contribution >= 4 is 6.09 Å². The van der Waals surface area contributed by atoms with E-state index in [0.717, 1.165) is 12.8 Å². The molecule has 0 radical (unpaired) electrons. The largest absolute Gasteiger partial charge is 0.508 e. The molecule has 5 nitrogen and oxygen atoms in total. The first-order valence-electron chi connectivity index (χ1n) is 6.01. The van der Waals surface area contributed by atoms with Gasteiger partial charge in [0.1, 0.15) is 12.4 Å². The highest BCUT2D eigenvalue weighted by Gasteiger charge is 2.02. The number of aromatic hydroxyl groups is 1. The fourth-order valence-corrected chi connectivity index (χ4v) is 1.60. The molecule has 0 aromatic heterocycles. The second-order valence-corrected chi connectivity index (χ2v) is 4.23. The van der Waals surface area contributed by atoms with Gasteiger partial charge in [0, 0.05) is 12.6 Å². The zero-order valence-corrected chi connectivity index (χ0v) is 10.6. The quantitative estimate of drug-likeness (QED) is 0.640. The third kappa shape index (κ3) is 6.10. The summed E-state index contributed by atoms with van der Waals surface area (Å²) in [6, 6.07) is 7.54. The molecule has 1 rings (SSSR count). The smallest absolute Gasteiger partial charge is 0.404 e. The number of carbonyl (C=O) groups is 1. The maximum atomic E-state index is 10.3. The summed E-state index contributed by atoms with van der Waals surface area (Å²) in [4.78, 5) is 10.3. The molecule has 1 atom stereocenters. The summed E-state index contributed by atoms with van der Waals surface area (Å²) in [6.07, 6.45) is 1.17. The Hall–Kier alpha value is -1.75. The van der Waals surface area contributed by atoms with E-state index >= 15 is 0 Å². The molecule has 0 bridgehead atoms. The molecule has 0 aliphatic rings. The molecule has 18 heavy (non-hydrogen) atoms. The molecule has 1 aromatic carbocycles. The SMILES string of the molecule is CC(CCc1ccc(O)cc1)NCCOC(N)=O. The molecule has 0 spiro atoms. The summed E-state index contributed by atoms with van der Waals surface area (Å²) in [5.74, 6) is 0.286. The lowest BCUT2D eigenvalue weighted by Crippen LogP contribution is -2.31. The molecule has 0 aliphatic carbocycles. The normalized spacial score (nSPS) is 12.1. The van der Waals surface area contributed by atoms with Crippen LogP contribution in [0.5, 0.6) is 5.75 Å². The van der Waals surface area contributed by atoms with E-state index in [1.54, 1.807) is 12.1 Å². The average Bonchev–Trinajstić information content (AvgIpc) is 2.34. The summed E-state index contributed by atoms with van der Waals surface area (Å²) < 4.78 is 4.62. The number of primary amides is 1. The Bertz CT molecular complexity index is 365. The number of benzene rings is 1. The number of nitrogens with two attached hydrogens (primary N) is 1. The molecule has 0 heterocycles. The van der Waals surface area contributed by atoms with Crippen molar-refractivity contribution in [3.63, 3.8) is 0 Å². The Kier molecular flexibility index (Phi) is 6.00. The van der Waals surface area contributed by atoms with Crippen LogP contribution in [-0.4, -0.2) is 30.4 Å². The molecule has 0 aliphatic heterocycles. The van der Waals surface area contributed by atoms with Crippen LogP contribution in [0.25, 0.3) is 0 Å². The summed E-state index contributed by atoms with van der Waals surface area (Å²) in [5.41, 5.74) is 6.04. The number of phenols is 1. The molecule has 4 N–H and O–H groups in total. The van der Waals surface area contributed by atoms with Crippen LogP contribution in [0, 0.1) is 0 Å². The van der Waals surface area contributed by atoms with Crippen molar-refractivity contribution in [3.05, 3.63) is 29.8 Å². The first kappa shape index (κ1) is 14.3. The van der Waals surface area contributed by atoms with Gasteiger partial charge in [0.05, 0.1) is 0 Å². The number of hydrogen-bond acceptors (Lipinski definition) is 4. The molecular formula is C13H20N2O3. The van der Waals surface area contributed by atoms with Crippen LogP contribution in [0.15, 0.2) is 24.3 Å². The number of amides is 1. The van der Waals surface area contributed by atoms with Crippen molar-refractivity contribution in [3.8, 4) is 5.75 Å². The van der Waals surface area contributed by atoms with Gasteiger partial charge in [-0.2, -0.15) is 0 Å². The van der Waals surface area contributed by atoms with Crippen LogP contribution in [0.2, 0.25) is 0 Å². The lowest BCUT2D eigenvalue weighted by molar-refractivity contribution is 0.156. The molecule has 100 valence electrons. The Morgan fingerprint density at radius 2 is 2.11 bits per heavy atom. The van der Waals surface area contributed by atoms with Gasteiger partial charge in [-0.25, -0.2) is 4.79 Å². The van der Waals surface area contributed by atoms with Crippen molar-refractivity contribution < 1.29 is 14.6 Å². The monoisotopic (exact) mass is 252 g/mol. The second kappa shape index (κ2) is 7.55. The average molecular weight is 252 g/mol. The molecule has 1 aromatic rings. The second-order valence-electron chi connectivity index (χ2n) is 4.23. The van der Waals surface area contributed by atoms with Gasteiger partial charge < -0.3 is 20.9 Å². The van der Waals surface area contributed by atoms with Crippen molar-refractivity contribution in [2.45, 2.75) is 25.8 Å². The summed E-state index contributed by atoms with van der Waals surface area (Å²) in [5, 5.41) is 12.4. The zero-order valence-electron chi connectivity index (χ0n) is 10.6. The number of carbonyl (C=O) groups excluding carboxylic acids is 1. The van der Waals surface area contributed by atoms with Crippen molar-refractivity contribution in [1.29, 1.82) is 0 Å². The third-order valence-electron chi connectivity index (χ3n) is 2.64. The maximum absolute atomic E-state index is 10.3. The predicted octanol–water partition coefficient (Wildman–Crippen LogP) is 1.40. The van der Waals surface area contributed by atoms with Gasteiger partial charge >= 0.3 is 6.09 Å². The fraction of sp³-hybridized carbons (Fsp3) is 0.462. The number of rotatable bonds is 7. The van der Waals surface area contributed by atoms with Gasteiger partial charge in [-0.15, -0.1) is 0 Å². The highest BCUT2D eigenvalue weighted by molar-refractivity contribution is 5.64. The minimum Gasteiger partial charge on any atom is -0.508 e. The molecule has 1 amide bonds. The van der Waals surface area contributed by atoms with Crippen LogP contribution >= 0.6 is 0 Å². The van der Waals surface area contributed by atoms with Gasteiger partial charge in [0.15, 0.2) is 0 Å². The van der Waals surface area contributed by atoms with Gasteiger partial charge in [0.2, 0.25) is 0 Å². The molecule has 0 saturated carbocycles. The minimum atomic E-state index is -0.742. The van der Waals surface area contributed by atoms with Crippen molar-refractivity contribution in [2.75, 3.05) is 13.2 Å². The van der Waals surface area contributed by atoms with Crippen molar-refractivity contribution in [1.82, 2.24) is 5.32 Å². The van der Waals surface area contributed by atoms with Gasteiger partial charge in [-0.3, -0.25) is 0 Å².